The van der Waals surface area contributed by atoms with Gasteiger partial charge in [0, 0.05) is 6.08 Å². The van der Waals surface area contributed by atoms with E-state index in [1.165, 1.54) is 6.08 Å². The zero-order valence-electron chi connectivity index (χ0n) is 12.1. The Bertz CT molecular complexity index is 348. The van der Waals surface area contributed by atoms with E-state index in [1.807, 2.05) is 20.8 Å². The topological polar surface area (TPSA) is 44.8 Å². The number of carbonyl (C=O) groups excluding carboxylic acids is 1. The van der Waals surface area contributed by atoms with Gasteiger partial charge in [0.2, 0.25) is 0 Å². The molecule has 0 saturated carbocycles. The lowest BCUT2D eigenvalue weighted by Crippen LogP contribution is -2.22. The molecule has 0 N–H and O–H groups in total. The van der Waals surface area contributed by atoms with Crippen molar-refractivity contribution in [2.75, 3.05) is 0 Å². The third-order valence-electron chi connectivity index (χ3n) is 3.56. The summed E-state index contributed by atoms with van der Waals surface area (Å²) in [6, 6.07) is 0. The summed E-state index contributed by atoms with van der Waals surface area (Å²) < 4.78 is 17.0. The molecule has 3 atom stereocenters. The molecule has 4 nitrogen and oxygen atoms in total. The van der Waals surface area contributed by atoms with Crippen LogP contribution in [0.15, 0.2) is 12.2 Å². The van der Waals surface area contributed by atoms with Crippen LogP contribution in [0.25, 0.3) is 0 Å². The summed E-state index contributed by atoms with van der Waals surface area (Å²) in [5, 5.41) is 0. The van der Waals surface area contributed by atoms with Crippen LogP contribution < -0.4 is 0 Å². The van der Waals surface area contributed by atoms with Gasteiger partial charge in [-0.05, 0) is 46.1 Å². The normalized spacial score (nSPS) is 37.6. The van der Waals surface area contributed by atoms with Crippen LogP contribution >= 0.6 is 0 Å². The van der Waals surface area contributed by atoms with E-state index in [0.717, 1.165) is 32.1 Å². The monoisotopic (exact) mass is 268 g/mol. The van der Waals surface area contributed by atoms with Crippen LogP contribution in [0.4, 0.5) is 0 Å². The Hall–Kier alpha value is -0.870. The fourth-order valence-corrected chi connectivity index (χ4v) is 2.67. The number of hydrogen-bond acceptors (Lipinski definition) is 4. The number of carbonyl (C=O) groups is 1. The van der Waals surface area contributed by atoms with Crippen LogP contribution in [0, 0.1) is 0 Å². The van der Waals surface area contributed by atoms with Gasteiger partial charge in [-0.3, -0.25) is 0 Å². The van der Waals surface area contributed by atoms with Gasteiger partial charge in [0.15, 0.2) is 5.79 Å². The minimum atomic E-state index is -0.572. The average Bonchev–Trinajstić information content (AvgIpc) is 2.59. The van der Waals surface area contributed by atoms with Crippen LogP contribution in [-0.2, 0) is 19.0 Å². The first-order valence-electron chi connectivity index (χ1n) is 7.21. The number of hydrogen-bond donors (Lipinski definition) is 0. The Morgan fingerprint density at radius 1 is 1.16 bits per heavy atom. The molecule has 19 heavy (non-hydrogen) atoms. The Balaban J connectivity index is 2.05. The summed E-state index contributed by atoms with van der Waals surface area (Å²) >= 11 is 0. The molecule has 108 valence electrons. The highest BCUT2D eigenvalue weighted by atomic mass is 16.7. The molecule has 0 aromatic heterocycles. The van der Waals surface area contributed by atoms with Gasteiger partial charge in [0.1, 0.15) is 6.10 Å². The van der Waals surface area contributed by atoms with E-state index < -0.39 is 5.79 Å². The van der Waals surface area contributed by atoms with Crippen molar-refractivity contribution in [3.63, 3.8) is 0 Å². The molecule has 4 heteroatoms. The Morgan fingerprint density at radius 2 is 1.89 bits per heavy atom. The molecule has 0 bridgehead atoms. The van der Waals surface area contributed by atoms with Crippen LogP contribution in [0.3, 0.4) is 0 Å². The third kappa shape index (κ3) is 4.32. The maximum atomic E-state index is 11.7. The molecule has 2 rings (SSSR count). The fourth-order valence-electron chi connectivity index (χ4n) is 2.67. The first-order valence-corrected chi connectivity index (χ1v) is 7.21. The second-order valence-electron chi connectivity index (χ2n) is 5.88. The van der Waals surface area contributed by atoms with Gasteiger partial charge in [-0.15, -0.1) is 0 Å². The SMILES string of the molecule is C[C@@H]1CCCCC[C@@H]2OC(C)(C)O[C@H]2/C=C\C(=O)O1. The van der Waals surface area contributed by atoms with Crippen molar-refractivity contribution in [1.82, 2.24) is 0 Å². The smallest absolute Gasteiger partial charge is 0.330 e. The van der Waals surface area contributed by atoms with Crippen molar-refractivity contribution in [3.8, 4) is 0 Å². The predicted molar refractivity (Wildman–Crippen MR) is 71.6 cm³/mol. The minimum Gasteiger partial charge on any atom is -0.460 e. The maximum absolute atomic E-state index is 11.7. The van der Waals surface area contributed by atoms with E-state index in [0.29, 0.717) is 0 Å². The number of fused-ring (bicyclic) bond motifs is 1. The van der Waals surface area contributed by atoms with Gasteiger partial charge in [-0.1, -0.05) is 12.8 Å². The highest BCUT2D eigenvalue weighted by Crippen LogP contribution is 2.32. The molecular formula is C15H24O4. The van der Waals surface area contributed by atoms with Crippen LogP contribution in [0.2, 0.25) is 0 Å². The number of esters is 1. The quantitative estimate of drug-likeness (QED) is 0.634. The fraction of sp³-hybridized carbons (Fsp3) is 0.800. The van der Waals surface area contributed by atoms with Gasteiger partial charge in [0.05, 0.1) is 12.2 Å². The summed E-state index contributed by atoms with van der Waals surface area (Å²) in [4.78, 5) is 11.7. The second kappa shape index (κ2) is 6.06. The molecule has 1 saturated heterocycles. The standard InChI is InChI=1S/C15H24O4/c1-11-7-5-4-6-8-12-13(9-10-14(16)17-11)19-15(2,3)18-12/h9-13H,4-8H2,1-3H3/b10-9-/t11-,12+,13+/m1/s1. The first kappa shape index (κ1) is 14.5. The summed E-state index contributed by atoms with van der Waals surface area (Å²) in [6.45, 7) is 5.76. The third-order valence-corrected chi connectivity index (χ3v) is 3.56. The average molecular weight is 268 g/mol. The summed E-state index contributed by atoms with van der Waals surface area (Å²) in [5.74, 6) is -0.864. The van der Waals surface area contributed by atoms with Crippen molar-refractivity contribution >= 4 is 5.97 Å². The summed E-state index contributed by atoms with van der Waals surface area (Å²) in [5.41, 5.74) is 0. The van der Waals surface area contributed by atoms with Crippen molar-refractivity contribution in [3.05, 3.63) is 12.2 Å². The highest BCUT2D eigenvalue weighted by molar-refractivity contribution is 5.82. The van der Waals surface area contributed by atoms with E-state index in [-0.39, 0.29) is 24.3 Å². The molecule has 2 aliphatic heterocycles. The Labute approximate surface area is 115 Å². The molecule has 0 aromatic rings. The Kier molecular flexibility index (Phi) is 4.63. The largest absolute Gasteiger partial charge is 0.460 e. The van der Waals surface area contributed by atoms with Crippen molar-refractivity contribution in [2.24, 2.45) is 0 Å². The maximum Gasteiger partial charge on any atom is 0.330 e. The van der Waals surface area contributed by atoms with E-state index >= 15 is 0 Å². The molecule has 0 aromatic carbocycles. The van der Waals surface area contributed by atoms with Gasteiger partial charge in [0.25, 0.3) is 0 Å². The van der Waals surface area contributed by atoms with Crippen molar-refractivity contribution in [1.29, 1.82) is 0 Å². The van der Waals surface area contributed by atoms with Gasteiger partial charge >= 0.3 is 5.97 Å². The highest BCUT2D eigenvalue weighted by Gasteiger charge is 2.39. The number of ether oxygens (including phenoxy) is 3. The molecule has 0 amide bonds. The number of rotatable bonds is 0. The van der Waals surface area contributed by atoms with E-state index in [4.69, 9.17) is 14.2 Å². The lowest BCUT2D eigenvalue weighted by atomic mass is 10.0. The zero-order valence-corrected chi connectivity index (χ0v) is 12.1. The molecule has 2 heterocycles. The lowest BCUT2D eigenvalue weighted by molar-refractivity contribution is -0.144. The molecular weight excluding hydrogens is 244 g/mol. The molecule has 0 unspecified atom stereocenters. The lowest BCUT2D eigenvalue weighted by Gasteiger charge is -2.17. The molecule has 0 radical (unpaired) electrons. The summed E-state index contributed by atoms with van der Waals surface area (Å²) in [7, 11) is 0. The Morgan fingerprint density at radius 3 is 2.68 bits per heavy atom. The van der Waals surface area contributed by atoms with E-state index in [2.05, 4.69) is 0 Å². The first-order chi connectivity index (χ1) is 8.96. The van der Waals surface area contributed by atoms with E-state index in [1.54, 1.807) is 6.08 Å². The van der Waals surface area contributed by atoms with Gasteiger partial charge in [-0.2, -0.15) is 0 Å². The number of cyclic esters (lactones) is 1. The molecule has 1 fully saturated rings. The summed E-state index contributed by atoms with van der Waals surface area (Å²) in [6.07, 6.45) is 8.36. The van der Waals surface area contributed by atoms with Crippen LogP contribution in [-0.4, -0.2) is 30.1 Å². The van der Waals surface area contributed by atoms with Crippen molar-refractivity contribution < 1.29 is 19.0 Å². The predicted octanol–water partition coefficient (Wildman–Crippen LogP) is 2.96. The zero-order chi connectivity index (χ0) is 13.9. The van der Waals surface area contributed by atoms with E-state index in [9.17, 15) is 4.79 Å². The van der Waals surface area contributed by atoms with Gasteiger partial charge < -0.3 is 14.2 Å². The molecule has 0 aliphatic carbocycles. The van der Waals surface area contributed by atoms with Gasteiger partial charge in [-0.25, -0.2) is 4.79 Å². The van der Waals surface area contributed by atoms with Crippen LogP contribution in [0.1, 0.15) is 52.9 Å². The molecule has 0 spiro atoms. The molecule has 2 aliphatic rings. The second-order valence-corrected chi connectivity index (χ2v) is 5.88. The van der Waals surface area contributed by atoms with Crippen LogP contribution in [0.5, 0.6) is 0 Å². The van der Waals surface area contributed by atoms with Crippen molar-refractivity contribution in [2.45, 2.75) is 77.0 Å². The minimum absolute atomic E-state index is 0.00967.